The van der Waals surface area contributed by atoms with Crippen LogP contribution in [0.4, 0.5) is 0 Å². The zero-order valence-corrected chi connectivity index (χ0v) is 11.1. The summed E-state index contributed by atoms with van der Waals surface area (Å²) in [6.45, 7) is 7.41. The second-order valence-electron chi connectivity index (χ2n) is 4.36. The Balaban J connectivity index is 3.19. The molecule has 0 amide bonds. The molecule has 0 unspecified atom stereocenters. The van der Waals surface area contributed by atoms with Crippen LogP contribution < -0.4 is 5.32 Å². The summed E-state index contributed by atoms with van der Waals surface area (Å²) in [5.41, 5.74) is 0. The van der Waals surface area contributed by atoms with Crippen molar-refractivity contribution in [3.8, 4) is 0 Å². The molecule has 4 nitrogen and oxygen atoms in total. The minimum atomic E-state index is -0.124. The molecule has 96 valence electrons. The summed E-state index contributed by atoms with van der Waals surface area (Å²) in [6, 6.07) is 0.610. The molecule has 0 aromatic rings. The number of nitrogens with one attached hydrogen (secondary N) is 1. The van der Waals surface area contributed by atoms with Crippen molar-refractivity contribution in [2.24, 2.45) is 0 Å². The number of rotatable bonds is 9. The van der Waals surface area contributed by atoms with Crippen LogP contribution in [-0.2, 0) is 9.53 Å². The molecule has 0 radical (unpaired) electrons. The van der Waals surface area contributed by atoms with Gasteiger partial charge in [-0.25, -0.2) is 0 Å². The SMILES string of the molecule is COC(=O)CCCNCCCN(C)C(C)C. The van der Waals surface area contributed by atoms with Gasteiger partial charge in [-0.2, -0.15) is 0 Å². The quantitative estimate of drug-likeness (QED) is 0.478. The van der Waals surface area contributed by atoms with Gasteiger partial charge in [0.2, 0.25) is 0 Å². The van der Waals surface area contributed by atoms with Crippen molar-refractivity contribution in [2.75, 3.05) is 33.8 Å². The number of ether oxygens (including phenoxy) is 1. The van der Waals surface area contributed by atoms with Gasteiger partial charge in [0.1, 0.15) is 0 Å². The predicted molar refractivity (Wildman–Crippen MR) is 66.5 cm³/mol. The van der Waals surface area contributed by atoms with Gasteiger partial charge in [-0.15, -0.1) is 0 Å². The van der Waals surface area contributed by atoms with Gasteiger partial charge in [0.05, 0.1) is 7.11 Å². The van der Waals surface area contributed by atoms with Gasteiger partial charge >= 0.3 is 5.97 Å². The number of carbonyl (C=O) groups excluding carboxylic acids is 1. The molecule has 0 aliphatic heterocycles. The fourth-order valence-corrected chi connectivity index (χ4v) is 1.30. The van der Waals surface area contributed by atoms with E-state index < -0.39 is 0 Å². The van der Waals surface area contributed by atoms with Crippen molar-refractivity contribution in [3.05, 3.63) is 0 Å². The van der Waals surface area contributed by atoms with Crippen LogP contribution in [0.5, 0.6) is 0 Å². The van der Waals surface area contributed by atoms with Crippen LogP contribution in [0, 0.1) is 0 Å². The number of esters is 1. The van der Waals surface area contributed by atoms with Gasteiger partial charge in [0, 0.05) is 12.5 Å². The fourth-order valence-electron chi connectivity index (χ4n) is 1.30. The molecular formula is C12H26N2O2. The summed E-state index contributed by atoms with van der Waals surface area (Å²) in [5, 5.41) is 3.32. The summed E-state index contributed by atoms with van der Waals surface area (Å²) in [5.74, 6) is -0.124. The molecule has 0 aliphatic carbocycles. The van der Waals surface area contributed by atoms with Crippen LogP contribution in [0.15, 0.2) is 0 Å². The average molecular weight is 230 g/mol. The van der Waals surface area contributed by atoms with Crippen LogP contribution in [-0.4, -0.2) is 50.7 Å². The van der Waals surface area contributed by atoms with Crippen molar-refractivity contribution in [1.29, 1.82) is 0 Å². The molecule has 0 saturated heterocycles. The first-order chi connectivity index (χ1) is 7.57. The minimum absolute atomic E-state index is 0.124. The largest absolute Gasteiger partial charge is 0.469 e. The van der Waals surface area contributed by atoms with Crippen molar-refractivity contribution < 1.29 is 9.53 Å². The zero-order valence-electron chi connectivity index (χ0n) is 11.1. The number of methoxy groups -OCH3 is 1. The van der Waals surface area contributed by atoms with E-state index in [9.17, 15) is 4.79 Å². The fraction of sp³-hybridized carbons (Fsp3) is 0.917. The van der Waals surface area contributed by atoms with E-state index in [0.29, 0.717) is 12.5 Å². The van der Waals surface area contributed by atoms with Crippen LogP contribution in [0.3, 0.4) is 0 Å². The van der Waals surface area contributed by atoms with Crippen molar-refractivity contribution in [1.82, 2.24) is 10.2 Å². The molecule has 0 atom stereocenters. The third-order valence-corrected chi connectivity index (χ3v) is 2.71. The lowest BCUT2D eigenvalue weighted by atomic mass is 10.3. The van der Waals surface area contributed by atoms with Gasteiger partial charge in [-0.3, -0.25) is 4.79 Å². The number of hydrogen-bond acceptors (Lipinski definition) is 4. The molecule has 0 saturated carbocycles. The third kappa shape index (κ3) is 8.68. The Morgan fingerprint density at radius 3 is 2.50 bits per heavy atom. The highest BCUT2D eigenvalue weighted by molar-refractivity contribution is 5.68. The first-order valence-corrected chi connectivity index (χ1v) is 6.05. The second-order valence-corrected chi connectivity index (χ2v) is 4.36. The maximum absolute atomic E-state index is 10.8. The lowest BCUT2D eigenvalue weighted by molar-refractivity contribution is -0.140. The molecule has 0 heterocycles. The van der Waals surface area contributed by atoms with E-state index in [0.717, 1.165) is 32.5 Å². The van der Waals surface area contributed by atoms with Gasteiger partial charge in [0.25, 0.3) is 0 Å². The van der Waals surface area contributed by atoms with Gasteiger partial charge in [0.15, 0.2) is 0 Å². The predicted octanol–water partition coefficient (Wildman–Crippen LogP) is 1.26. The molecule has 0 bridgehead atoms. The Labute approximate surface area is 99.3 Å². The van der Waals surface area contributed by atoms with Crippen molar-refractivity contribution in [3.63, 3.8) is 0 Å². The highest BCUT2D eigenvalue weighted by Gasteiger charge is 2.02. The van der Waals surface area contributed by atoms with Gasteiger partial charge in [-0.05, 0) is 53.4 Å². The van der Waals surface area contributed by atoms with E-state index in [1.807, 2.05) is 0 Å². The van der Waals surface area contributed by atoms with E-state index in [-0.39, 0.29) is 5.97 Å². The minimum Gasteiger partial charge on any atom is -0.469 e. The Bertz CT molecular complexity index is 184. The molecule has 0 aromatic carbocycles. The van der Waals surface area contributed by atoms with E-state index in [1.165, 1.54) is 7.11 Å². The number of nitrogens with zero attached hydrogens (tertiary/aromatic N) is 1. The highest BCUT2D eigenvalue weighted by atomic mass is 16.5. The first kappa shape index (κ1) is 15.4. The van der Waals surface area contributed by atoms with Crippen LogP contribution in [0.1, 0.15) is 33.1 Å². The highest BCUT2D eigenvalue weighted by Crippen LogP contribution is 1.94. The Hall–Kier alpha value is -0.610. The lowest BCUT2D eigenvalue weighted by Crippen LogP contribution is -2.29. The summed E-state index contributed by atoms with van der Waals surface area (Å²) in [6.07, 6.45) is 2.51. The number of hydrogen-bond donors (Lipinski definition) is 1. The standard InChI is InChI=1S/C12H26N2O2/c1-11(2)14(3)10-6-9-13-8-5-7-12(15)16-4/h11,13H,5-10H2,1-4H3. The normalized spacial score (nSPS) is 11.1. The van der Waals surface area contributed by atoms with Gasteiger partial charge < -0.3 is 15.0 Å². The van der Waals surface area contributed by atoms with Crippen LogP contribution in [0.2, 0.25) is 0 Å². The van der Waals surface area contributed by atoms with Crippen molar-refractivity contribution in [2.45, 2.75) is 39.2 Å². The van der Waals surface area contributed by atoms with E-state index in [1.54, 1.807) is 0 Å². The lowest BCUT2D eigenvalue weighted by Gasteiger charge is -2.20. The van der Waals surface area contributed by atoms with E-state index >= 15 is 0 Å². The molecule has 0 aromatic heterocycles. The third-order valence-electron chi connectivity index (χ3n) is 2.71. The molecule has 0 spiro atoms. The monoisotopic (exact) mass is 230 g/mol. The topological polar surface area (TPSA) is 41.6 Å². The van der Waals surface area contributed by atoms with Crippen molar-refractivity contribution >= 4 is 5.97 Å². The van der Waals surface area contributed by atoms with E-state index in [2.05, 4.69) is 35.8 Å². The summed E-state index contributed by atoms with van der Waals surface area (Å²) >= 11 is 0. The Morgan fingerprint density at radius 1 is 1.31 bits per heavy atom. The smallest absolute Gasteiger partial charge is 0.305 e. The summed E-state index contributed by atoms with van der Waals surface area (Å²) < 4.78 is 4.56. The summed E-state index contributed by atoms with van der Waals surface area (Å²) in [4.78, 5) is 13.1. The zero-order chi connectivity index (χ0) is 12.4. The molecule has 0 aliphatic rings. The average Bonchev–Trinajstić information content (AvgIpc) is 2.26. The molecule has 16 heavy (non-hydrogen) atoms. The second kappa shape index (κ2) is 9.60. The van der Waals surface area contributed by atoms with E-state index in [4.69, 9.17) is 0 Å². The van der Waals surface area contributed by atoms with Crippen LogP contribution in [0.25, 0.3) is 0 Å². The summed E-state index contributed by atoms with van der Waals surface area (Å²) in [7, 11) is 3.57. The molecule has 0 rings (SSSR count). The Morgan fingerprint density at radius 2 is 1.94 bits per heavy atom. The molecule has 4 heteroatoms. The molecule has 1 N–H and O–H groups in total. The van der Waals surface area contributed by atoms with Gasteiger partial charge in [-0.1, -0.05) is 0 Å². The maximum atomic E-state index is 10.8. The first-order valence-electron chi connectivity index (χ1n) is 6.05. The maximum Gasteiger partial charge on any atom is 0.305 e. The molecule has 0 fully saturated rings. The van der Waals surface area contributed by atoms with Crippen LogP contribution >= 0.6 is 0 Å². The Kier molecular flexibility index (Phi) is 9.24. The number of carbonyl (C=O) groups is 1. The molecular weight excluding hydrogens is 204 g/mol.